The number of Topliss-reactive ketones (excluding diaryl/α,β-unsaturated/α-hetero) is 1. The first kappa shape index (κ1) is 23.7. The SMILES string of the molecule is CC(=O)c1ccc2c(c1)CCN(CCC1CCC(NC(=O)c3cccc4ncccc34)CC1)CC2. The zero-order chi connectivity index (χ0) is 24.2. The number of pyridine rings is 1. The van der Waals surface area contributed by atoms with Crippen molar-refractivity contribution in [3.8, 4) is 0 Å². The molecule has 5 rings (SSSR count). The highest BCUT2D eigenvalue weighted by Crippen LogP contribution is 2.28. The minimum atomic E-state index is 0.0177. The van der Waals surface area contributed by atoms with Crippen LogP contribution >= 0.6 is 0 Å². The summed E-state index contributed by atoms with van der Waals surface area (Å²) in [5.74, 6) is 0.902. The summed E-state index contributed by atoms with van der Waals surface area (Å²) in [6, 6.07) is 16.1. The van der Waals surface area contributed by atoms with Crippen LogP contribution in [0.4, 0.5) is 0 Å². The van der Waals surface area contributed by atoms with Gasteiger partial charge in [-0.1, -0.05) is 24.3 Å². The van der Waals surface area contributed by atoms with Gasteiger partial charge < -0.3 is 10.2 Å². The molecule has 0 radical (unpaired) electrons. The van der Waals surface area contributed by atoms with Crippen LogP contribution in [-0.2, 0) is 12.8 Å². The maximum atomic E-state index is 13.0. The number of amides is 1. The van der Waals surface area contributed by atoms with Gasteiger partial charge in [0.1, 0.15) is 0 Å². The van der Waals surface area contributed by atoms with E-state index in [1.54, 1.807) is 13.1 Å². The van der Waals surface area contributed by atoms with E-state index in [-0.39, 0.29) is 17.7 Å². The van der Waals surface area contributed by atoms with Gasteiger partial charge in [-0.05, 0) is 99.7 Å². The van der Waals surface area contributed by atoms with Crippen LogP contribution in [0.1, 0.15) is 70.9 Å². The molecule has 0 atom stereocenters. The fourth-order valence-corrected chi connectivity index (χ4v) is 5.74. The molecule has 1 aliphatic carbocycles. The van der Waals surface area contributed by atoms with Gasteiger partial charge in [-0.2, -0.15) is 0 Å². The molecule has 0 bridgehead atoms. The molecule has 2 aliphatic rings. The van der Waals surface area contributed by atoms with Gasteiger partial charge >= 0.3 is 0 Å². The van der Waals surface area contributed by atoms with Crippen LogP contribution in [0.3, 0.4) is 0 Å². The van der Waals surface area contributed by atoms with Crippen LogP contribution in [0, 0.1) is 5.92 Å². The van der Waals surface area contributed by atoms with E-state index in [1.807, 2.05) is 36.4 Å². The number of carbonyl (C=O) groups is 2. The third-order valence-corrected chi connectivity index (χ3v) is 7.93. The summed E-state index contributed by atoms with van der Waals surface area (Å²) >= 11 is 0. The summed E-state index contributed by atoms with van der Waals surface area (Å²) in [7, 11) is 0. The predicted molar refractivity (Wildman–Crippen MR) is 140 cm³/mol. The largest absolute Gasteiger partial charge is 0.349 e. The van der Waals surface area contributed by atoms with E-state index in [1.165, 1.54) is 30.4 Å². The Kier molecular flexibility index (Phi) is 7.24. The number of benzene rings is 2. The summed E-state index contributed by atoms with van der Waals surface area (Å²) in [4.78, 5) is 31.7. The average Bonchev–Trinajstić information content (AvgIpc) is 3.09. The van der Waals surface area contributed by atoms with E-state index in [0.717, 1.165) is 73.3 Å². The lowest BCUT2D eigenvalue weighted by atomic mass is 9.84. The van der Waals surface area contributed by atoms with Gasteiger partial charge in [-0.15, -0.1) is 0 Å². The Morgan fingerprint density at radius 3 is 2.57 bits per heavy atom. The van der Waals surface area contributed by atoms with E-state index in [2.05, 4.69) is 27.3 Å². The minimum Gasteiger partial charge on any atom is -0.349 e. The Hall–Kier alpha value is -3.05. The number of ketones is 1. The Morgan fingerprint density at radius 2 is 1.77 bits per heavy atom. The molecule has 0 unspecified atom stereocenters. The second-order valence-electron chi connectivity index (χ2n) is 10.2. The molecule has 1 aromatic heterocycles. The van der Waals surface area contributed by atoms with Gasteiger partial charge in [0, 0.05) is 41.8 Å². The standard InChI is InChI=1S/C30H35N3O2/c1-21(34)24-10-9-23-14-18-33(19-15-25(23)20-24)17-13-22-7-11-26(12-8-22)32-30(35)28-4-2-6-29-27(28)5-3-16-31-29/h2-6,9-10,16,20,22,26H,7-8,11-15,17-19H2,1H3,(H,32,35). The molecule has 5 heteroatoms. The summed E-state index contributed by atoms with van der Waals surface area (Å²) < 4.78 is 0. The first-order chi connectivity index (χ1) is 17.1. The average molecular weight is 470 g/mol. The van der Waals surface area contributed by atoms with Crippen molar-refractivity contribution in [2.24, 2.45) is 5.92 Å². The van der Waals surface area contributed by atoms with Gasteiger partial charge in [0.05, 0.1) is 5.52 Å². The normalized spacial score (nSPS) is 20.7. The van der Waals surface area contributed by atoms with Crippen LogP contribution in [-0.4, -0.2) is 47.3 Å². The second kappa shape index (κ2) is 10.7. The molecule has 1 amide bonds. The number of aromatic nitrogens is 1. The zero-order valence-electron chi connectivity index (χ0n) is 20.6. The summed E-state index contributed by atoms with van der Waals surface area (Å²) in [5, 5.41) is 4.20. The lowest BCUT2D eigenvalue weighted by Gasteiger charge is -2.31. The molecule has 0 spiro atoms. The Labute approximate surface area is 207 Å². The molecule has 2 aromatic carbocycles. The summed E-state index contributed by atoms with van der Waals surface area (Å²) in [6.07, 6.45) is 9.55. The maximum absolute atomic E-state index is 13.0. The quantitative estimate of drug-likeness (QED) is 0.503. The summed E-state index contributed by atoms with van der Waals surface area (Å²) in [5.41, 5.74) is 5.15. The van der Waals surface area contributed by atoms with Crippen molar-refractivity contribution >= 4 is 22.6 Å². The first-order valence-electron chi connectivity index (χ1n) is 13.1. The van der Waals surface area contributed by atoms with Gasteiger partial charge in [0.25, 0.3) is 5.91 Å². The van der Waals surface area contributed by atoms with Gasteiger partial charge in [0.2, 0.25) is 0 Å². The minimum absolute atomic E-state index is 0.0177. The Bertz CT molecular complexity index is 1210. The topological polar surface area (TPSA) is 62.3 Å². The molecule has 1 aliphatic heterocycles. The van der Waals surface area contributed by atoms with E-state index < -0.39 is 0 Å². The Morgan fingerprint density at radius 1 is 0.971 bits per heavy atom. The highest BCUT2D eigenvalue weighted by molar-refractivity contribution is 6.06. The van der Waals surface area contributed by atoms with Crippen molar-refractivity contribution in [1.29, 1.82) is 0 Å². The van der Waals surface area contributed by atoms with Gasteiger partial charge in [0.15, 0.2) is 5.78 Å². The molecular formula is C30H35N3O2. The van der Waals surface area contributed by atoms with Crippen LogP contribution < -0.4 is 5.32 Å². The van der Waals surface area contributed by atoms with Crippen molar-refractivity contribution < 1.29 is 9.59 Å². The lowest BCUT2D eigenvalue weighted by molar-refractivity contribution is 0.0921. The smallest absolute Gasteiger partial charge is 0.252 e. The van der Waals surface area contributed by atoms with Gasteiger partial charge in [-0.3, -0.25) is 14.6 Å². The number of fused-ring (bicyclic) bond motifs is 2. The van der Waals surface area contributed by atoms with Crippen molar-refractivity contribution in [1.82, 2.24) is 15.2 Å². The monoisotopic (exact) mass is 469 g/mol. The van der Waals surface area contributed by atoms with Crippen molar-refractivity contribution in [2.45, 2.75) is 57.9 Å². The fraction of sp³-hybridized carbons (Fsp3) is 0.433. The molecule has 1 N–H and O–H groups in total. The van der Waals surface area contributed by atoms with Crippen LogP contribution in [0.5, 0.6) is 0 Å². The number of rotatable bonds is 6. The summed E-state index contributed by atoms with van der Waals surface area (Å²) in [6.45, 7) is 4.95. The van der Waals surface area contributed by atoms with E-state index in [4.69, 9.17) is 0 Å². The lowest BCUT2D eigenvalue weighted by Crippen LogP contribution is -2.38. The van der Waals surface area contributed by atoms with Crippen LogP contribution in [0.25, 0.3) is 10.9 Å². The van der Waals surface area contributed by atoms with Gasteiger partial charge in [-0.25, -0.2) is 0 Å². The molecule has 2 heterocycles. The third kappa shape index (κ3) is 5.62. The molecule has 0 saturated heterocycles. The van der Waals surface area contributed by atoms with Crippen molar-refractivity contribution in [3.05, 3.63) is 77.0 Å². The number of hydrogen-bond acceptors (Lipinski definition) is 4. The van der Waals surface area contributed by atoms with Crippen LogP contribution in [0.2, 0.25) is 0 Å². The Balaban J connectivity index is 1.08. The third-order valence-electron chi connectivity index (χ3n) is 7.93. The number of hydrogen-bond donors (Lipinski definition) is 1. The zero-order valence-corrected chi connectivity index (χ0v) is 20.6. The highest BCUT2D eigenvalue weighted by Gasteiger charge is 2.24. The molecule has 182 valence electrons. The number of nitrogens with one attached hydrogen (secondary N) is 1. The molecule has 3 aromatic rings. The predicted octanol–water partition coefficient (Wildman–Crippen LogP) is 5.22. The van der Waals surface area contributed by atoms with Crippen molar-refractivity contribution in [3.63, 3.8) is 0 Å². The molecule has 5 nitrogen and oxygen atoms in total. The first-order valence-corrected chi connectivity index (χ1v) is 13.1. The number of nitrogens with zero attached hydrogens (tertiary/aromatic N) is 2. The molecular weight excluding hydrogens is 434 g/mol. The van der Waals surface area contributed by atoms with E-state index >= 15 is 0 Å². The van der Waals surface area contributed by atoms with Crippen LogP contribution in [0.15, 0.2) is 54.7 Å². The molecule has 1 fully saturated rings. The maximum Gasteiger partial charge on any atom is 0.252 e. The second-order valence-corrected chi connectivity index (χ2v) is 10.2. The van der Waals surface area contributed by atoms with E-state index in [9.17, 15) is 9.59 Å². The molecule has 35 heavy (non-hydrogen) atoms. The molecule has 1 saturated carbocycles. The van der Waals surface area contributed by atoms with E-state index in [0.29, 0.717) is 0 Å². The van der Waals surface area contributed by atoms with Crippen molar-refractivity contribution in [2.75, 3.05) is 19.6 Å². The number of carbonyl (C=O) groups excluding carboxylic acids is 2. The highest BCUT2D eigenvalue weighted by atomic mass is 16.1. The fourth-order valence-electron chi connectivity index (χ4n) is 5.74.